The molecule has 0 saturated heterocycles. The highest BCUT2D eigenvalue weighted by Crippen LogP contribution is 2.47. The summed E-state index contributed by atoms with van der Waals surface area (Å²) in [5, 5.41) is 2.08. The van der Waals surface area contributed by atoms with Crippen LogP contribution in [0, 0.1) is 11.6 Å². The Balaban J connectivity index is 1.68. The summed E-state index contributed by atoms with van der Waals surface area (Å²) < 4.78 is 85.6. The van der Waals surface area contributed by atoms with Crippen LogP contribution in [0.25, 0.3) is 17.2 Å². The summed E-state index contributed by atoms with van der Waals surface area (Å²) >= 11 is 0. The van der Waals surface area contributed by atoms with E-state index in [1.807, 2.05) is 0 Å². The van der Waals surface area contributed by atoms with Gasteiger partial charge in [-0.2, -0.15) is 13.2 Å². The Kier molecular flexibility index (Phi) is 6.99. The molecule has 3 N–H and O–H groups in total. The Labute approximate surface area is 205 Å². The van der Waals surface area contributed by atoms with E-state index in [4.69, 9.17) is 9.79 Å². The number of phosphoric acid groups is 1. The maximum atomic E-state index is 14.4. The molecule has 0 saturated carbocycles. The normalized spacial score (nSPS) is 14.1. The average Bonchev–Trinajstić information content (AvgIpc) is 3.27. The number of rotatable bonds is 8. The van der Waals surface area contributed by atoms with Crippen LogP contribution in [0.15, 0.2) is 49.1 Å². The quantitative estimate of drug-likeness (QED) is 0.223. The third kappa shape index (κ3) is 5.91. The molecule has 1 unspecified atom stereocenters. The van der Waals surface area contributed by atoms with Crippen LogP contribution in [0.2, 0.25) is 0 Å². The highest BCUT2D eigenvalue weighted by atomic mass is 31.2. The average molecular weight is 544 g/mol. The molecular formula is C21H18F5N6O4P. The van der Waals surface area contributed by atoms with Crippen molar-refractivity contribution in [1.82, 2.24) is 24.3 Å². The molecule has 4 aromatic rings. The third-order valence-corrected chi connectivity index (χ3v) is 5.89. The molecule has 0 aliphatic carbocycles. The van der Waals surface area contributed by atoms with Gasteiger partial charge in [0.2, 0.25) is 0 Å². The van der Waals surface area contributed by atoms with Gasteiger partial charge >= 0.3 is 14.0 Å². The number of halogens is 5. The zero-order chi connectivity index (χ0) is 27.0. The predicted octanol–water partition coefficient (Wildman–Crippen LogP) is 3.90. The number of hydrogen-bond donors (Lipinski definition) is 3. The maximum absolute atomic E-state index is 14.4. The molecule has 16 heteroatoms. The minimum atomic E-state index is -5.56. The van der Waals surface area contributed by atoms with E-state index in [-0.39, 0.29) is 17.9 Å². The fourth-order valence-electron chi connectivity index (χ4n) is 3.36. The van der Waals surface area contributed by atoms with Crippen LogP contribution in [0.5, 0.6) is 0 Å². The molecular weight excluding hydrogens is 526 g/mol. The molecule has 1 aromatic carbocycles. The lowest BCUT2D eigenvalue weighted by molar-refractivity contribution is -0.240. The summed E-state index contributed by atoms with van der Waals surface area (Å²) in [6.45, 7) is -0.899. The molecule has 3 heterocycles. The number of aromatic nitrogens is 5. The zero-order valence-electron chi connectivity index (χ0n) is 18.8. The Morgan fingerprint density at radius 1 is 1.11 bits per heavy atom. The molecule has 0 bridgehead atoms. The minimum Gasteiger partial charge on any atom is -0.364 e. The second-order valence-electron chi connectivity index (χ2n) is 8.05. The second-order valence-corrected chi connectivity index (χ2v) is 9.22. The number of benzene rings is 1. The van der Waals surface area contributed by atoms with Crippen molar-refractivity contribution in [2.45, 2.75) is 25.1 Å². The van der Waals surface area contributed by atoms with Crippen molar-refractivity contribution in [1.29, 1.82) is 0 Å². The molecule has 0 radical (unpaired) electrons. The van der Waals surface area contributed by atoms with Crippen LogP contribution >= 0.6 is 7.82 Å². The Bertz CT molecular complexity index is 1490. The van der Waals surface area contributed by atoms with Crippen molar-refractivity contribution in [3.05, 3.63) is 71.9 Å². The van der Waals surface area contributed by atoms with Crippen molar-refractivity contribution >= 4 is 19.3 Å². The topological polar surface area (TPSA) is 135 Å². The number of imidazole rings is 1. The lowest BCUT2D eigenvalue weighted by Gasteiger charge is -2.32. The first-order valence-corrected chi connectivity index (χ1v) is 11.9. The number of hydrogen-bond acceptors (Lipinski definition) is 7. The highest BCUT2D eigenvalue weighted by molar-refractivity contribution is 7.46. The second kappa shape index (κ2) is 9.74. The number of fused-ring (bicyclic) bond motifs is 1. The van der Waals surface area contributed by atoms with Gasteiger partial charge in [-0.15, -0.1) is 0 Å². The Hall–Kier alpha value is -3.52. The van der Waals surface area contributed by atoms with Crippen LogP contribution in [0.4, 0.5) is 27.8 Å². The summed E-state index contributed by atoms with van der Waals surface area (Å²) in [7, 11) is -5.56. The van der Waals surface area contributed by atoms with Gasteiger partial charge in [0.1, 0.15) is 11.5 Å². The van der Waals surface area contributed by atoms with E-state index in [2.05, 4.69) is 29.8 Å². The molecule has 0 fully saturated rings. The third-order valence-electron chi connectivity index (χ3n) is 5.25. The molecule has 10 nitrogen and oxygen atoms in total. The lowest BCUT2D eigenvalue weighted by Crippen LogP contribution is -2.49. The Morgan fingerprint density at radius 3 is 2.51 bits per heavy atom. The number of alkyl halides is 3. The summed E-state index contributed by atoms with van der Waals surface area (Å²) in [4.78, 5) is 34.2. The van der Waals surface area contributed by atoms with Gasteiger partial charge < -0.3 is 19.5 Å². The summed E-state index contributed by atoms with van der Waals surface area (Å²) in [5.74, 6) is -2.49. The number of phosphoric ester groups is 1. The standard InChI is InChI=1S/C21H18F5N6O4P/c1-20(21(24,25)26,36-37(33,34)35)11-29-17-14(23)9-28-18(31-17)16-10-32-7-6-27-19(32)15(30-16)8-12-4-2-3-5-13(12)22/h2-7,9-10H,8,11H2,1H3,(H,28,29,31)(H2,33,34,35). The molecule has 3 aromatic heterocycles. The number of nitrogens with one attached hydrogen (secondary N) is 1. The van der Waals surface area contributed by atoms with E-state index in [1.165, 1.54) is 24.5 Å². The van der Waals surface area contributed by atoms with Crippen LogP contribution < -0.4 is 5.32 Å². The van der Waals surface area contributed by atoms with Gasteiger partial charge in [-0.05, 0) is 18.6 Å². The van der Waals surface area contributed by atoms with E-state index in [0.29, 0.717) is 30.0 Å². The molecule has 1 atom stereocenters. The minimum absolute atomic E-state index is 0.0387. The maximum Gasteiger partial charge on any atom is 0.470 e. The van der Waals surface area contributed by atoms with Crippen LogP contribution in [-0.4, -0.2) is 52.4 Å². The monoisotopic (exact) mass is 544 g/mol. The molecule has 0 spiro atoms. The van der Waals surface area contributed by atoms with Gasteiger partial charge in [0.25, 0.3) is 0 Å². The fourth-order valence-corrected chi connectivity index (χ4v) is 4.05. The molecule has 4 rings (SSSR count). The van der Waals surface area contributed by atoms with Gasteiger partial charge in [-0.1, -0.05) is 18.2 Å². The van der Waals surface area contributed by atoms with Crippen LogP contribution in [-0.2, 0) is 15.5 Å². The summed E-state index contributed by atoms with van der Waals surface area (Å²) in [6.07, 6.45) is -0.0118. The molecule has 196 valence electrons. The smallest absolute Gasteiger partial charge is 0.364 e. The largest absolute Gasteiger partial charge is 0.470 e. The van der Waals surface area contributed by atoms with Gasteiger partial charge in [-0.3, -0.25) is 4.52 Å². The molecule has 37 heavy (non-hydrogen) atoms. The van der Waals surface area contributed by atoms with Gasteiger partial charge in [-0.25, -0.2) is 33.3 Å². The molecule has 0 aliphatic rings. The van der Waals surface area contributed by atoms with E-state index in [0.717, 1.165) is 0 Å². The van der Waals surface area contributed by atoms with Crippen molar-refractivity contribution in [2.75, 3.05) is 11.9 Å². The van der Waals surface area contributed by atoms with E-state index in [9.17, 15) is 26.5 Å². The first-order valence-electron chi connectivity index (χ1n) is 10.4. The van der Waals surface area contributed by atoms with Gasteiger partial charge in [0.05, 0.1) is 18.4 Å². The van der Waals surface area contributed by atoms with Crippen molar-refractivity contribution in [3.8, 4) is 11.5 Å². The SMILES string of the molecule is CC(CNc1nc(-c2cn3ccnc3c(Cc3ccccc3F)n2)ncc1F)(OP(=O)(O)O)C(F)(F)F. The lowest BCUT2D eigenvalue weighted by atomic mass is 10.1. The number of nitrogens with zero attached hydrogens (tertiary/aromatic N) is 5. The van der Waals surface area contributed by atoms with Crippen molar-refractivity contribution in [3.63, 3.8) is 0 Å². The van der Waals surface area contributed by atoms with Crippen LogP contribution in [0.1, 0.15) is 18.2 Å². The number of anilines is 1. The molecule has 0 aliphatic heterocycles. The van der Waals surface area contributed by atoms with Crippen molar-refractivity contribution < 1.29 is 40.8 Å². The summed E-state index contributed by atoms with van der Waals surface area (Å²) in [5.41, 5.74) is -2.25. The Morgan fingerprint density at radius 2 is 1.84 bits per heavy atom. The van der Waals surface area contributed by atoms with Crippen molar-refractivity contribution in [2.24, 2.45) is 0 Å². The molecule has 0 amide bonds. The summed E-state index contributed by atoms with van der Waals surface area (Å²) in [6, 6.07) is 6.03. The van der Waals surface area contributed by atoms with Crippen LogP contribution in [0.3, 0.4) is 0 Å². The van der Waals surface area contributed by atoms with E-state index >= 15 is 0 Å². The van der Waals surface area contributed by atoms with E-state index < -0.39 is 43.6 Å². The zero-order valence-corrected chi connectivity index (χ0v) is 19.7. The van der Waals surface area contributed by atoms with Gasteiger partial charge in [0.15, 0.2) is 28.7 Å². The first-order chi connectivity index (χ1) is 17.3. The van der Waals surface area contributed by atoms with Gasteiger partial charge in [0, 0.05) is 25.0 Å². The fraction of sp³-hybridized carbons (Fsp3) is 0.238. The predicted molar refractivity (Wildman–Crippen MR) is 119 cm³/mol. The highest BCUT2D eigenvalue weighted by Gasteiger charge is 2.55. The first kappa shape index (κ1) is 26.5. The van der Waals surface area contributed by atoms with E-state index in [1.54, 1.807) is 22.7 Å².